The number of aromatic nitrogens is 4. The first-order valence-electron chi connectivity index (χ1n) is 12.4. The van der Waals surface area contributed by atoms with Gasteiger partial charge in [0, 0.05) is 49.7 Å². The fourth-order valence-corrected chi connectivity index (χ4v) is 4.86. The molecule has 9 nitrogen and oxygen atoms in total. The normalized spacial score (nSPS) is 22.8. The van der Waals surface area contributed by atoms with E-state index in [0.29, 0.717) is 18.5 Å². The Kier molecular flexibility index (Phi) is 6.13. The second-order valence-corrected chi connectivity index (χ2v) is 10.8. The fourth-order valence-electron chi connectivity index (χ4n) is 4.86. The number of piperazine rings is 1. The van der Waals surface area contributed by atoms with Crippen molar-refractivity contribution in [1.82, 2.24) is 24.6 Å². The van der Waals surface area contributed by atoms with Gasteiger partial charge in [0.25, 0.3) is 0 Å². The predicted molar refractivity (Wildman–Crippen MR) is 134 cm³/mol. The average Bonchev–Trinajstić information content (AvgIpc) is 3.26. The van der Waals surface area contributed by atoms with Crippen LogP contribution < -0.4 is 4.90 Å². The van der Waals surface area contributed by atoms with Crippen LogP contribution in [0.15, 0.2) is 36.8 Å². The fraction of sp³-hybridized carbons (Fsp3) is 0.538. The van der Waals surface area contributed by atoms with Gasteiger partial charge in [0.15, 0.2) is 0 Å². The smallest absolute Gasteiger partial charge is 0.410 e. The lowest BCUT2D eigenvalue weighted by Crippen LogP contribution is -2.55. The molecule has 2 aliphatic rings. The van der Waals surface area contributed by atoms with E-state index in [1.165, 1.54) is 0 Å². The number of aliphatic hydroxyl groups is 1. The molecule has 0 spiro atoms. The lowest BCUT2D eigenvalue weighted by atomic mass is 9.81. The van der Waals surface area contributed by atoms with Crippen molar-refractivity contribution in [3.05, 3.63) is 36.8 Å². The summed E-state index contributed by atoms with van der Waals surface area (Å²) in [5.41, 5.74) is 3.98. The van der Waals surface area contributed by atoms with Gasteiger partial charge in [0.1, 0.15) is 5.60 Å². The van der Waals surface area contributed by atoms with E-state index in [-0.39, 0.29) is 18.7 Å². The molecule has 3 aromatic rings. The van der Waals surface area contributed by atoms with Crippen molar-refractivity contribution in [2.45, 2.75) is 58.2 Å². The Morgan fingerprint density at radius 3 is 2.69 bits per heavy atom. The summed E-state index contributed by atoms with van der Waals surface area (Å²) in [7, 11) is 0. The predicted octanol–water partition coefficient (Wildman–Crippen LogP) is 3.88. The summed E-state index contributed by atoms with van der Waals surface area (Å²) in [6, 6.07) is 6.53. The van der Waals surface area contributed by atoms with Gasteiger partial charge in [-0.2, -0.15) is 5.10 Å². The molecule has 1 saturated carbocycles. The average molecular weight is 479 g/mol. The first-order valence-corrected chi connectivity index (χ1v) is 12.4. The van der Waals surface area contributed by atoms with E-state index in [1.54, 1.807) is 6.20 Å². The molecule has 9 heteroatoms. The third kappa shape index (κ3) is 4.96. The van der Waals surface area contributed by atoms with Crippen LogP contribution in [0.5, 0.6) is 0 Å². The van der Waals surface area contributed by atoms with Crippen LogP contribution in [0.3, 0.4) is 0 Å². The van der Waals surface area contributed by atoms with E-state index >= 15 is 0 Å². The maximum Gasteiger partial charge on any atom is 0.410 e. The number of nitrogens with zero attached hydrogens (tertiary/aromatic N) is 6. The van der Waals surface area contributed by atoms with E-state index in [9.17, 15) is 9.90 Å². The highest BCUT2D eigenvalue weighted by Crippen LogP contribution is 2.37. The highest BCUT2D eigenvalue weighted by atomic mass is 16.6. The second-order valence-electron chi connectivity index (χ2n) is 10.8. The summed E-state index contributed by atoms with van der Waals surface area (Å²) in [5, 5.41) is 13.8. The summed E-state index contributed by atoms with van der Waals surface area (Å²) in [5.74, 6) is 0.389. The third-order valence-corrected chi connectivity index (χ3v) is 6.89. The Balaban J connectivity index is 1.30. The van der Waals surface area contributed by atoms with Crippen LogP contribution in [0.1, 0.15) is 46.6 Å². The van der Waals surface area contributed by atoms with E-state index in [0.717, 1.165) is 53.9 Å². The minimum Gasteiger partial charge on any atom is -0.444 e. The first kappa shape index (κ1) is 23.5. The Morgan fingerprint density at radius 1 is 1.17 bits per heavy atom. The van der Waals surface area contributed by atoms with Crippen molar-refractivity contribution >= 4 is 22.8 Å². The van der Waals surface area contributed by atoms with Gasteiger partial charge in [0.05, 0.1) is 35.2 Å². The number of carbonyl (C=O) groups excluding carboxylic acids is 1. The van der Waals surface area contributed by atoms with Crippen LogP contribution in [-0.4, -0.2) is 73.7 Å². The van der Waals surface area contributed by atoms with Gasteiger partial charge in [-0.15, -0.1) is 0 Å². The molecule has 2 fully saturated rings. The Labute approximate surface area is 205 Å². The number of fused-ring (bicyclic) bond motifs is 1. The molecule has 1 atom stereocenters. The number of carbonyl (C=O) groups is 1. The van der Waals surface area contributed by atoms with Crippen LogP contribution in [0.4, 0.5) is 10.5 Å². The molecule has 0 unspecified atom stereocenters. The summed E-state index contributed by atoms with van der Waals surface area (Å²) in [6.45, 7) is 10.0. The molecule has 1 saturated heterocycles. The Morgan fingerprint density at radius 2 is 1.97 bits per heavy atom. The number of anilines is 1. The Bertz CT molecular complexity index is 1210. The molecule has 1 aliphatic heterocycles. The van der Waals surface area contributed by atoms with E-state index < -0.39 is 5.60 Å². The number of aliphatic hydroxyl groups excluding tert-OH is 1. The molecular formula is C26H34N6O3. The first-order chi connectivity index (χ1) is 16.7. The molecule has 186 valence electrons. The second kappa shape index (κ2) is 9.11. The third-order valence-electron chi connectivity index (χ3n) is 6.89. The summed E-state index contributed by atoms with van der Waals surface area (Å²) >= 11 is 0. The van der Waals surface area contributed by atoms with Crippen LogP contribution in [-0.2, 0) is 4.74 Å². The van der Waals surface area contributed by atoms with E-state index in [2.05, 4.69) is 34.0 Å². The van der Waals surface area contributed by atoms with Crippen molar-refractivity contribution in [3.8, 4) is 11.3 Å². The largest absolute Gasteiger partial charge is 0.444 e. The number of benzene rings is 1. The van der Waals surface area contributed by atoms with Gasteiger partial charge in [-0.1, -0.05) is 0 Å². The molecule has 1 N–H and O–H groups in total. The quantitative estimate of drug-likeness (QED) is 0.608. The van der Waals surface area contributed by atoms with Crippen molar-refractivity contribution in [3.63, 3.8) is 0 Å². The SMILES string of the molecule is C[C@H]1CN(c2ccc3ncc(-c4cnn(C5CC(CO)C5)c4)nc3c2)CCN1C(=O)OC(C)(C)C. The molecule has 3 heterocycles. The van der Waals surface area contributed by atoms with Crippen LogP contribution in [0, 0.1) is 5.92 Å². The van der Waals surface area contributed by atoms with Gasteiger partial charge in [-0.05, 0) is 64.7 Å². The molecule has 0 bridgehead atoms. The lowest BCUT2D eigenvalue weighted by Gasteiger charge is -2.41. The van der Waals surface area contributed by atoms with Crippen LogP contribution in [0.2, 0.25) is 0 Å². The monoisotopic (exact) mass is 478 g/mol. The van der Waals surface area contributed by atoms with Gasteiger partial charge in [0.2, 0.25) is 0 Å². The zero-order valence-electron chi connectivity index (χ0n) is 20.9. The Hall–Kier alpha value is -3.20. The molecule has 1 aliphatic carbocycles. The molecule has 1 amide bonds. The number of ether oxygens (including phenoxy) is 1. The maximum atomic E-state index is 12.6. The van der Waals surface area contributed by atoms with Crippen molar-refractivity contribution in [2.75, 3.05) is 31.1 Å². The van der Waals surface area contributed by atoms with Crippen LogP contribution in [0.25, 0.3) is 22.3 Å². The zero-order valence-corrected chi connectivity index (χ0v) is 20.9. The van der Waals surface area contributed by atoms with Crippen molar-refractivity contribution < 1.29 is 14.6 Å². The minimum atomic E-state index is -0.501. The van der Waals surface area contributed by atoms with Crippen molar-refractivity contribution in [1.29, 1.82) is 0 Å². The topological polar surface area (TPSA) is 96.6 Å². The number of amides is 1. The summed E-state index contributed by atoms with van der Waals surface area (Å²) < 4.78 is 7.55. The van der Waals surface area contributed by atoms with Gasteiger partial charge < -0.3 is 19.6 Å². The zero-order chi connectivity index (χ0) is 24.7. The molecule has 35 heavy (non-hydrogen) atoms. The summed E-state index contributed by atoms with van der Waals surface area (Å²) in [4.78, 5) is 26.2. The van der Waals surface area contributed by atoms with Crippen LogP contribution >= 0.6 is 0 Å². The van der Waals surface area contributed by atoms with E-state index in [1.807, 2.05) is 48.8 Å². The molecule has 5 rings (SSSR count). The number of rotatable bonds is 4. The molecule has 1 aromatic carbocycles. The number of hydrogen-bond acceptors (Lipinski definition) is 7. The lowest BCUT2D eigenvalue weighted by molar-refractivity contribution is 0.0159. The van der Waals surface area contributed by atoms with Gasteiger partial charge >= 0.3 is 6.09 Å². The van der Waals surface area contributed by atoms with E-state index in [4.69, 9.17) is 9.72 Å². The maximum absolute atomic E-state index is 12.6. The standard InChI is InChI=1S/C26H34N6O3/c1-17-14-30(7-8-31(17)25(34)35-26(2,3)4)20-5-6-22-23(11-20)29-24(13-27-22)19-12-28-32(15-19)21-9-18(10-21)16-33/h5-6,11-13,15,17-18,21,33H,7-10,14,16H2,1-4H3/t17-,18?,21?/m0/s1. The summed E-state index contributed by atoms with van der Waals surface area (Å²) in [6.07, 6.45) is 7.32. The molecular weight excluding hydrogens is 444 g/mol. The highest BCUT2D eigenvalue weighted by Gasteiger charge is 2.32. The molecule has 2 aromatic heterocycles. The van der Waals surface area contributed by atoms with Crippen molar-refractivity contribution in [2.24, 2.45) is 5.92 Å². The minimum absolute atomic E-state index is 0.0366. The number of hydrogen-bond donors (Lipinski definition) is 1. The van der Waals surface area contributed by atoms with Gasteiger partial charge in [-0.25, -0.2) is 9.78 Å². The van der Waals surface area contributed by atoms with Gasteiger partial charge in [-0.3, -0.25) is 9.67 Å². The highest BCUT2D eigenvalue weighted by molar-refractivity contribution is 5.81. The molecule has 0 radical (unpaired) electrons.